The molecule has 0 fully saturated rings. The largest absolute Gasteiger partial charge is 0.457 e. The van der Waals surface area contributed by atoms with Crippen molar-refractivity contribution < 1.29 is 4.42 Å². The van der Waals surface area contributed by atoms with Crippen LogP contribution in [0.4, 0.5) is 0 Å². The summed E-state index contributed by atoms with van der Waals surface area (Å²) < 4.78 is 5.99. The molecule has 4 heteroatoms. The molecule has 0 radical (unpaired) electrons. The molecule has 1 heterocycles. The molecule has 0 saturated heterocycles. The van der Waals surface area contributed by atoms with E-state index in [1.165, 1.54) is 5.56 Å². The predicted octanol–water partition coefficient (Wildman–Crippen LogP) is 2.47. The number of halogens is 1. The summed E-state index contributed by atoms with van der Waals surface area (Å²) in [6, 6.07) is 2.46. The summed E-state index contributed by atoms with van der Waals surface area (Å²) in [5.74, 6) is 0. The summed E-state index contributed by atoms with van der Waals surface area (Å²) in [5.41, 5.74) is 1.17. The average molecular weight is 275 g/mol. The second-order valence-corrected chi connectivity index (χ2v) is 4.58. The van der Waals surface area contributed by atoms with E-state index in [1.54, 1.807) is 6.26 Å². The zero-order valence-electron chi connectivity index (χ0n) is 9.59. The molecule has 3 nitrogen and oxygen atoms in total. The van der Waals surface area contributed by atoms with Crippen molar-refractivity contribution in [3.8, 4) is 0 Å². The van der Waals surface area contributed by atoms with Crippen molar-refractivity contribution in [1.82, 2.24) is 10.2 Å². The standard InChI is InChI=1S/C11H19BrN2O/c1-4-14(3)8-9(2)13-7-10-5-6-15-11(10)12/h5-6,9,13H,4,7-8H2,1-3H3. The Morgan fingerprint density at radius 1 is 1.60 bits per heavy atom. The summed E-state index contributed by atoms with van der Waals surface area (Å²) in [7, 11) is 2.13. The second-order valence-electron chi connectivity index (χ2n) is 3.86. The summed E-state index contributed by atoms with van der Waals surface area (Å²) >= 11 is 3.36. The van der Waals surface area contributed by atoms with Gasteiger partial charge in [0.2, 0.25) is 0 Å². The lowest BCUT2D eigenvalue weighted by Gasteiger charge is -2.20. The highest BCUT2D eigenvalue weighted by molar-refractivity contribution is 9.10. The molecular formula is C11H19BrN2O. The number of hydrogen-bond acceptors (Lipinski definition) is 3. The van der Waals surface area contributed by atoms with E-state index in [0.29, 0.717) is 6.04 Å². The highest BCUT2D eigenvalue weighted by Crippen LogP contribution is 2.17. The first-order valence-corrected chi connectivity index (χ1v) is 6.06. The van der Waals surface area contributed by atoms with Crippen LogP contribution >= 0.6 is 15.9 Å². The van der Waals surface area contributed by atoms with E-state index < -0.39 is 0 Å². The lowest BCUT2D eigenvalue weighted by Crippen LogP contribution is -2.36. The highest BCUT2D eigenvalue weighted by atomic mass is 79.9. The zero-order valence-corrected chi connectivity index (χ0v) is 11.2. The molecule has 86 valence electrons. The van der Waals surface area contributed by atoms with Crippen LogP contribution < -0.4 is 5.32 Å². The van der Waals surface area contributed by atoms with Gasteiger partial charge in [-0.3, -0.25) is 0 Å². The number of furan rings is 1. The Kier molecular flexibility index (Phi) is 5.36. The third-order valence-electron chi connectivity index (χ3n) is 2.46. The molecule has 0 aliphatic carbocycles. The van der Waals surface area contributed by atoms with Crippen molar-refractivity contribution in [3.05, 3.63) is 22.6 Å². The third-order valence-corrected chi connectivity index (χ3v) is 3.16. The number of likely N-dealkylation sites (N-methyl/N-ethyl adjacent to an activating group) is 1. The molecule has 0 aliphatic rings. The predicted molar refractivity (Wildman–Crippen MR) is 65.9 cm³/mol. The maximum atomic E-state index is 5.17. The second kappa shape index (κ2) is 6.30. The number of rotatable bonds is 6. The Morgan fingerprint density at radius 2 is 2.33 bits per heavy atom. The van der Waals surface area contributed by atoms with Gasteiger partial charge in [0, 0.05) is 24.7 Å². The van der Waals surface area contributed by atoms with Crippen LogP contribution in [0.2, 0.25) is 0 Å². The zero-order chi connectivity index (χ0) is 11.3. The molecule has 0 aliphatic heterocycles. The van der Waals surface area contributed by atoms with Crippen LogP contribution in [-0.4, -0.2) is 31.1 Å². The molecule has 1 unspecified atom stereocenters. The van der Waals surface area contributed by atoms with Gasteiger partial charge < -0.3 is 14.6 Å². The summed E-state index contributed by atoms with van der Waals surface area (Å²) in [5, 5.41) is 3.46. The maximum absolute atomic E-state index is 5.17. The summed E-state index contributed by atoms with van der Waals surface area (Å²) in [4.78, 5) is 2.29. The van der Waals surface area contributed by atoms with Gasteiger partial charge in [-0.1, -0.05) is 6.92 Å². The minimum Gasteiger partial charge on any atom is -0.457 e. The van der Waals surface area contributed by atoms with Gasteiger partial charge in [0.05, 0.1) is 6.26 Å². The molecule has 0 amide bonds. The van der Waals surface area contributed by atoms with Crippen molar-refractivity contribution in [2.24, 2.45) is 0 Å². The fraction of sp³-hybridized carbons (Fsp3) is 0.636. The van der Waals surface area contributed by atoms with E-state index in [4.69, 9.17) is 4.42 Å². The number of nitrogens with zero attached hydrogens (tertiary/aromatic N) is 1. The molecule has 1 N–H and O–H groups in total. The van der Waals surface area contributed by atoms with Gasteiger partial charge in [-0.2, -0.15) is 0 Å². The Bertz CT molecular complexity index is 288. The summed E-state index contributed by atoms with van der Waals surface area (Å²) in [6.07, 6.45) is 1.70. The normalized spacial score (nSPS) is 13.4. The molecule has 1 aromatic heterocycles. The van der Waals surface area contributed by atoms with E-state index in [9.17, 15) is 0 Å². The van der Waals surface area contributed by atoms with Crippen molar-refractivity contribution in [2.45, 2.75) is 26.4 Å². The average Bonchev–Trinajstić information content (AvgIpc) is 2.61. The van der Waals surface area contributed by atoms with E-state index in [-0.39, 0.29) is 0 Å². The smallest absolute Gasteiger partial charge is 0.173 e. The molecule has 1 atom stereocenters. The van der Waals surface area contributed by atoms with Crippen LogP contribution in [0.1, 0.15) is 19.4 Å². The van der Waals surface area contributed by atoms with E-state index in [0.717, 1.165) is 24.3 Å². The van der Waals surface area contributed by atoms with Crippen LogP contribution in [0.3, 0.4) is 0 Å². The van der Waals surface area contributed by atoms with Crippen LogP contribution in [-0.2, 0) is 6.54 Å². The first-order chi connectivity index (χ1) is 7.13. The van der Waals surface area contributed by atoms with Gasteiger partial charge in [-0.15, -0.1) is 0 Å². The van der Waals surface area contributed by atoms with Gasteiger partial charge in [0.1, 0.15) is 0 Å². The minimum atomic E-state index is 0.483. The monoisotopic (exact) mass is 274 g/mol. The molecule has 1 aromatic rings. The quantitative estimate of drug-likeness (QED) is 0.864. The van der Waals surface area contributed by atoms with Crippen molar-refractivity contribution >= 4 is 15.9 Å². The van der Waals surface area contributed by atoms with E-state index in [1.807, 2.05) is 6.07 Å². The Hall–Kier alpha value is -0.320. The number of nitrogens with one attached hydrogen (secondary N) is 1. The topological polar surface area (TPSA) is 28.4 Å². The van der Waals surface area contributed by atoms with Gasteiger partial charge in [-0.05, 0) is 42.5 Å². The molecule has 1 rings (SSSR count). The third kappa shape index (κ3) is 4.36. The van der Waals surface area contributed by atoms with Crippen LogP contribution in [0.25, 0.3) is 0 Å². The lowest BCUT2D eigenvalue weighted by atomic mass is 10.2. The lowest BCUT2D eigenvalue weighted by molar-refractivity contribution is 0.309. The molecule has 0 bridgehead atoms. The number of hydrogen-bond donors (Lipinski definition) is 1. The van der Waals surface area contributed by atoms with Gasteiger partial charge in [0.25, 0.3) is 0 Å². The molecule has 0 aromatic carbocycles. The fourth-order valence-corrected chi connectivity index (χ4v) is 1.77. The van der Waals surface area contributed by atoms with Gasteiger partial charge in [0.15, 0.2) is 4.67 Å². The van der Waals surface area contributed by atoms with Gasteiger partial charge in [-0.25, -0.2) is 0 Å². The maximum Gasteiger partial charge on any atom is 0.173 e. The van der Waals surface area contributed by atoms with Crippen LogP contribution in [0.15, 0.2) is 21.4 Å². The molecule has 15 heavy (non-hydrogen) atoms. The Balaban J connectivity index is 2.28. The SMILES string of the molecule is CCN(C)CC(C)NCc1ccoc1Br. The van der Waals surface area contributed by atoms with E-state index in [2.05, 4.69) is 47.0 Å². The molecular weight excluding hydrogens is 256 g/mol. The van der Waals surface area contributed by atoms with Gasteiger partial charge >= 0.3 is 0 Å². The van der Waals surface area contributed by atoms with E-state index >= 15 is 0 Å². The first kappa shape index (κ1) is 12.7. The first-order valence-electron chi connectivity index (χ1n) is 5.27. The Morgan fingerprint density at radius 3 is 2.87 bits per heavy atom. The Labute approximate surface area is 100.0 Å². The minimum absolute atomic E-state index is 0.483. The van der Waals surface area contributed by atoms with Crippen LogP contribution in [0.5, 0.6) is 0 Å². The van der Waals surface area contributed by atoms with Crippen molar-refractivity contribution in [3.63, 3.8) is 0 Å². The highest BCUT2D eigenvalue weighted by Gasteiger charge is 2.07. The van der Waals surface area contributed by atoms with Crippen molar-refractivity contribution in [2.75, 3.05) is 20.1 Å². The fourth-order valence-electron chi connectivity index (χ4n) is 1.39. The molecule has 0 spiro atoms. The molecule has 0 saturated carbocycles. The van der Waals surface area contributed by atoms with Crippen LogP contribution in [0, 0.1) is 0 Å². The summed E-state index contributed by atoms with van der Waals surface area (Å²) in [6.45, 7) is 7.35. The van der Waals surface area contributed by atoms with Crippen molar-refractivity contribution in [1.29, 1.82) is 0 Å².